The number of nitrogens with zero attached hydrogens (tertiary/aromatic N) is 2. The summed E-state index contributed by atoms with van der Waals surface area (Å²) in [6.45, 7) is 1.96. The van der Waals surface area contributed by atoms with Crippen LogP contribution in [0, 0.1) is 12.7 Å². The Morgan fingerprint density at radius 2 is 1.83 bits per heavy atom. The number of aryl methyl sites for hydroxylation is 1. The number of rotatable bonds is 4. The SMILES string of the molecule is Cc1cccc(-c2nn(-c3ccc(F)cc3)cc2C(=O)NC2CCS(=O)(=O)CC2)c1. The summed E-state index contributed by atoms with van der Waals surface area (Å²) in [7, 11) is -3.01. The fraction of sp³-hybridized carbons (Fsp3) is 0.273. The third-order valence-corrected chi connectivity index (χ3v) is 6.95. The van der Waals surface area contributed by atoms with Crippen molar-refractivity contribution in [2.24, 2.45) is 0 Å². The predicted molar refractivity (Wildman–Crippen MR) is 113 cm³/mol. The molecule has 1 saturated heterocycles. The summed E-state index contributed by atoms with van der Waals surface area (Å²) in [5.41, 5.74) is 3.37. The van der Waals surface area contributed by atoms with Gasteiger partial charge < -0.3 is 5.32 Å². The molecule has 1 aromatic heterocycles. The molecule has 1 N–H and O–H groups in total. The maximum Gasteiger partial charge on any atom is 0.255 e. The van der Waals surface area contributed by atoms with Crippen molar-refractivity contribution in [1.29, 1.82) is 0 Å². The maximum absolute atomic E-state index is 13.3. The summed E-state index contributed by atoms with van der Waals surface area (Å²) < 4.78 is 38.2. The molecule has 156 valence electrons. The van der Waals surface area contributed by atoms with Gasteiger partial charge in [-0.3, -0.25) is 4.79 Å². The molecule has 0 bridgehead atoms. The normalized spacial score (nSPS) is 16.3. The summed E-state index contributed by atoms with van der Waals surface area (Å²) >= 11 is 0. The van der Waals surface area contributed by atoms with Crippen LogP contribution < -0.4 is 5.32 Å². The third kappa shape index (κ3) is 4.43. The van der Waals surface area contributed by atoms with E-state index in [2.05, 4.69) is 10.4 Å². The topological polar surface area (TPSA) is 81.1 Å². The molecular weight excluding hydrogens is 405 g/mol. The van der Waals surface area contributed by atoms with Crippen LogP contribution in [0.2, 0.25) is 0 Å². The molecular formula is C22H22FN3O3S. The third-order valence-electron chi connectivity index (χ3n) is 5.23. The van der Waals surface area contributed by atoms with E-state index in [1.165, 1.54) is 12.1 Å². The van der Waals surface area contributed by atoms with E-state index < -0.39 is 9.84 Å². The van der Waals surface area contributed by atoms with Gasteiger partial charge >= 0.3 is 0 Å². The molecule has 3 aromatic rings. The molecule has 0 atom stereocenters. The van der Waals surface area contributed by atoms with Crippen LogP contribution in [0.5, 0.6) is 0 Å². The molecule has 0 radical (unpaired) electrons. The van der Waals surface area contributed by atoms with Crippen molar-refractivity contribution in [2.45, 2.75) is 25.8 Å². The Morgan fingerprint density at radius 1 is 1.13 bits per heavy atom. The lowest BCUT2D eigenvalue weighted by Gasteiger charge is -2.22. The summed E-state index contributed by atoms with van der Waals surface area (Å²) in [5.74, 6) is -0.492. The zero-order valence-corrected chi connectivity index (χ0v) is 17.3. The van der Waals surface area contributed by atoms with Crippen LogP contribution >= 0.6 is 0 Å². The van der Waals surface area contributed by atoms with E-state index in [1.807, 2.05) is 31.2 Å². The lowest BCUT2D eigenvalue weighted by atomic mass is 10.0. The van der Waals surface area contributed by atoms with E-state index in [-0.39, 0.29) is 29.3 Å². The highest BCUT2D eigenvalue weighted by Crippen LogP contribution is 2.25. The molecule has 0 aliphatic carbocycles. The van der Waals surface area contributed by atoms with Gasteiger partial charge in [-0.25, -0.2) is 17.5 Å². The van der Waals surface area contributed by atoms with Gasteiger partial charge in [0.05, 0.1) is 22.8 Å². The van der Waals surface area contributed by atoms with Crippen LogP contribution in [-0.4, -0.2) is 41.7 Å². The van der Waals surface area contributed by atoms with E-state index in [0.717, 1.165) is 11.1 Å². The Bertz CT molecular complexity index is 1170. The number of carbonyl (C=O) groups is 1. The van der Waals surface area contributed by atoms with Gasteiger partial charge in [0.2, 0.25) is 0 Å². The molecule has 1 amide bonds. The molecule has 2 aromatic carbocycles. The average molecular weight is 428 g/mol. The predicted octanol–water partition coefficient (Wildman–Crippen LogP) is 3.29. The van der Waals surface area contributed by atoms with Crippen LogP contribution in [0.15, 0.2) is 54.7 Å². The highest BCUT2D eigenvalue weighted by atomic mass is 32.2. The number of sulfone groups is 1. The van der Waals surface area contributed by atoms with E-state index in [4.69, 9.17) is 0 Å². The Balaban J connectivity index is 1.68. The number of amides is 1. The van der Waals surface area contributed by atoms with E-state index in [9.17, 15) is 17.6 Å². The minimum atomic E-state index is -3.01. The van der Waals surface area contributed by atoms with Crippen LogP contribution in [0.25, 0.3) is 16.9 Å². The summed E-state index contributed by atoms with van der Waals surface area (Å²) in [6.07, 6.45) is 2.43. The summed E-state index contributed by atoms with van der Waals surface area (Å²) in [4.78, 5) is 13.1. The second kappa shape index (κ2) is 8.02. The first-order valence-corrected chi connectivity index (χ1v) is 11.6. The lowest BCUT2D eigenvalue weighted by molar-refractivity contribution is 0.0935. The summed E-state index contributed by atoms with van der Waals surface area (Å²) in [6, 6.07) is 13.4. The number of benzene rings is 2. The Hall–Kier alpha value is -3.00. The zero-order valence-electron chi connectivity index (χ0n) is 16.5. The molecule has 1 fully saturated rings. The van der Waals surface area contributed by atoms with Crippen LogP contribution in [0.1, 0.15) is 28.8 Å². The number of nitrogens with one attached hydrogen (secondary N) is 1. The molecule has 4 rings (SSSR count). The molecule has 0 spiro atoms. The highest BCUT2D eigenvalue weighted by Gasteiger charge is 2.27. The number of hydrogen-bond donors (Lipinski definition) is 1. The van der Waals surface area contributed by atoms with Gasteiger partial charge in [-0.2, -0.15) is 5.10 Å². The largest absolute Gasteiger partial charge is 0.349 e. The van der Waals surface area contributed by atoms with Gasteiger partial charge in [-0.15, -0.1) is 0 Å². The van der Waals surface area contributed by atoms with E-state index in [0.29, 0.717) is 29.8 Å². The van der Waals surface area contributed by atoms with Gasteiger partial charge in [-0.05, 0) is 50.1 Å². The van der Waals surface area contributed by atoms with Crippen LogP contribution in [-0.2, 0) is 9.84 Å². The fourth-order valence-corrected chi connectivity index (χ4v) is 5.06. The molecule has 0 unspecified atom stereocenters. The van der Waals surface area contributed by atoms with Gasteiger partial charge in [-0.1, -0.05) is 23.8 Å². The molecule has 6 nitrogen and oxygen atoms in total. The van der Waals surface area contributed by atoms with Crippen molar-refractivity contribution in [2.75, 3.05) is 11.5 Å². The highest BCUT2D eigenvalue weighted by molar-refractivity contribution is 7.91. The fourth-order valence-electron chi connectivity index (χ4n) is 3.57. The van der Waals surface area contributed by atoms with Crippen molar-refractivity contribution < 1.29 is 17.6 Å². The van der Waals surface area contributed by atoms with Crippen LogP contribution in [0.4, 0.5) is 4.39 Å². The molecule has 30 heavy (non-hydrogen) atoms. The minimum Gasteiger partial charge on any atom is -0.349 e. The van der Waals surface area contributed by atoms with Crippen LogP contribution in [0.3, 0.4) is 0 Å². The first kappa shape index (κ1) is 20.3. The second-order valence-corrected chi connectivity index (χ2v) is 9.89. The smallest absolute Gasteiger partial charge is 0.255 e. The van der Waals surface area contributed by atoms with Gasteiger partial charge in [0.25, 0.3) is 5.91 Å². The minimum absolute atomic E-state index is 0.0809. The number of hydrogen-bond acceptors (Lipinski definition) is 4. The van der Waals surface area contributed by atoms with E-state index >= 15 is 0 Å². The number of halogens is 1. The Kier molecular flexibility index (Phi) is 5.42. The van der Waals surface area contributed by atoms with Gasteiger partial charge in [0, 0.05) is 17.8 Å². The first-order chi connectivity index (χ1) is 14.3. The van der Waals surface area contributed by atoms with Crippen molar-refractivity contribution in [1.82, 2.24) is 15.1 Å². The van der Waals surface area contributed by atoms with Crippen molar-refractivity contribution in [3.8, 4) is 16.9 Å². The standard InChI is InChI=1S/C22H22FN3O3S/c1-15-3-2-4-16(13-15)21-20(14-26(25-21)19-7-5-17(23)6-8-19)22(27)24-18-9-11-30(28,29)12-10-18/h2-8,13-14,18H,9-12H2,1H3,(H,24,27). The quantitative estimate of drug-likeness (QED) is 0.693. The maximum atomic E-state index is 13.3. The van der Waals surface area contributed by atoms with E-state index in [1.54, 1.807) is 23.0 Å². The van der Waals surface area contributed by atoms with Gasteiger partial charge in [0.15, 0.2) is 0 Å². The Labute approximate surface area is 174 Å². The number of carbonyl (C=O) groups excluding carboxylic acids is 1. The molecule has 1 aliphatic heterocycles. The molecule has 2 heterocycles. The first-order valence-electron chi connectivity index (χ1n) is 9.75. The molecule has 8 heteroatoms. The zero-order chi connectivity index (χ0) is 21.3. The van der Waals surface area contributed by atoms with Crippen molar-refractivity contribution in [3.05, 3.63) is 71.7 Å². The summed E-state index contributed by atoms with van der Waals surface area (Å²) in [5, 5.41) is 7.55. The molecule has 1 aliphatic rings. The van der Waals surface area contributed by atoms with Gasteiger partial charge in [0.1, 0.15) is 21.3 Å². The number of aromatic nitrogens is 2. The van der Waals surface area contributed by atoms with Crippen molar-refractivity contribution >= 4 is 15.7 Å². The monoisotopic (exact) mass is 427 g/mol. The second-order valence-electron chi connectivity index (χ2n) is 7.58. The molecule has 0 saturated carbocycles. The lowest BCUT2D eigenvalue weighted by Crippen LogP contribution is -2.40. The van der Waals surface area contributed by atoms with Crippen molar-refractivity contribution in [3.63, 3.8) is 0 Å². The average Bonchev–Trinajstić information content (AvgIpc) is 3.16. The Morgan fingerprint density at radius 3 is 2.50 bits per heavy atom.